The summed E-state index contributed by atoms with van der Waals surface area (Å²) in [6.07, 6.45) is 1.17. The first-order valence-corrected chi connectivity index (χ1v) is 8.20. The molecule has 0 atom stereocenters. The molecule has 0 saturated carbocycles. The van der Waals surface area contributed by atoms with E-state index in [2.05, 4.69) is 10.3 Å². The largest absolute Gasteiger partial charge is 0.444 e. The van der Waals surface area contributed by atoms with Crippen LogP contribution in [0.3, 0.4) is 0 Å². The van der Waals surface area contributed by atoms with Crippen LogP contribution in [0.5, 0.6) is 0 Å². The van der Waals surface area contributed by atoms with Crippen LogP contribution in [-0.2, 0) is 11.3 Å². The minimum atomic E-state index is -0.502. The van der Waals surface area contributed by atoms with Crippen LogP contribution in [-0.4, -0.2) is 33.7 Å². The zero-order chi connectivity index (χ0) is 18.6. The molecule has 0 fully saturated rings. The van der Waals surface area contributed by atoms with Crippen LogP contribution in [0.25, 0.3) is 11.0 Å². The minimum Gasteiger partial charge on any atom is -0.444 e. The lowest BCUT2D eigenvalue weighted by Gasteiger charge is -2.19. The van der Waals surface area contributed by atoms with Gasteiger partial charge < -0.3 is 26.1 Å². The number of amides is 2. The number of hydrogen-bond donors (Lipinski definition) is 3. The maximum atomic E-state index is 11.6. The number of nitrogens with one attached hydrogen (secondary N) is 1. The highest BCUT2D eigenvalue weighted by Crippen LogP contribution is 2.20. The number of benzene rings is 1. The second-order valence-electron chi connectivity index (χ2n) is 6.83. The van der Waals surface area contributed by atoms with Crippen molar-refractivity contribution in [2.75, 3.05) is 12.3 Å². The van der Waals surface area contributed by atoms with Gasteiger partial charge in [0.2, 0.25) is 11.9 Å². The second-order valence-corrected chi connectivity index (χ2v) is 6.83. The molecule has 144 valence electrons. The van der Waals surface area contributed by atoms with Gasteiger partial charge in [-0.3, -0.25) is 4.79 Å². The fourth-order valence-electron chi connectivity index (χ4n) is 2.44. The number of aryl methyl sites for hydroxylation is 1. The number of alkyl carbamates (subject to hydrolysis) is 1. The number of nitrogen functional groups attached to an aromatic ring is 1. The molecule has 1 heterocycles. The summed E-state index contributed by atoms with van der Waals surface area (Å²) >= 11 is 0. The average Bonchev–Trinajstić information content (AvgIpc) is 2.80. The van der Waals surface area contributed by atoms with Crippen molar-refractivity contribution in [1.82, 2.24) is 14.9 Å². The number of anilines is 1. The number of rotatable bonds is 6. The molecule has 1 aromatic carbocycles. The highest BCUT2D eigenvalue weighted by Gasteiger charge is 2.15. The molecule has 1 aromatic heterocycles. The molecule has 0 bridgehead atoms. The lowest BCUT2D eigenvalue weighted by atomic mass is 10.2. The van der Waals surface area contributed by atoms with Gasteiger partial charge in [-0.2, -0.15) is 0 Å². The fourth-order valence-corrected chi connectivity index (χ4v) is 2.44. The molecule has 2 amide bonds. The van der Waals surface area contributed by atoms with Gasteiger partial charge in [-0.1, -0.05) is 0 Å². The third-order valence-electron chi connectivity index (χ3n) is 3.54. The number of aromatic nitrogens is 2. The van der Waals surface area contributed by atoms with Gasteiger partial charge in [0.05, 0.1) is 11.0 Å². The lowest BCUT2D eigenvalue weighted by molar-refractivity contribution is 0.0526. The van der Waals surface area contributed by atoms with E-state index in [0.29, 0.717) is 30.1 Å². The van der Waals surface area contributed by atoms with E-state index in [4.69, 9.17) is 16.2 Å². The number of fused-ring (bicyclic) bond motifs is 1. The van der Waals surface area contributed by atoms with Gasteiger partial charge in [0.25, 0.3) is 0 Å². The van der Waals surface area contributed by atoms with Crippen molar-refractivity contribution in [3.8, 4) is 0 Å². The van der Waals surface area contributed by atoms with Crippen LogP contribution in [0.4, 0.5) is 10.7 Å². The minimum absolute atomic E-state index is 0. The molecule has 0 aliphatic carbocycles. The number of ether oxygens (including phenoxy) is 1. The number of primary amides is 1. The summed E-state index contributed by atoms with van der Waals surface area (Å²) in [4.78, 5) is 27.1. The van der Waals surface area contributed by atoms with E-state index in [1.807, 2.05) is 25.3 Å². The van der Waals surface area contributed by atoms with Crippen molar-refractivity contribution in [1.29, 1.82) is 0 Å². The molecule has 0 spiro atoms. The first-order chi connectivity index (χ1) is 11.7. The van der Waals surface area contributed by atoms with Crippen LogP contribution in [0.1, 0.15) is 44.0 Å². The van der Waals surface area contributed by atoms with Crippen molar-refractivity contribution in [3.05, 3.63) is 23.8 Å². The van der Waals surface area contributed by atoms with Crippen LogP contribution in [0.15, 0.2) is 18.2 Å². The summed E-state index contributed by atoms with van der Waals surface area (Å²) in [6.45, 7) is 6.65. The van der Waals surface area contributed by atoms with Gasteiger partial charge in [0.1, 0.15) is 5.60 Å². The summed E-state index contributed by atoms with van der Waals surface area (Å²) < 4.78 is 7.06. The zero-order valence-electron chi connectivity index (χ0n) is 15.2. The Kier molecular flexibility index (Phi) is 7.43. The van der Waals surface area contributed by atoms with Gasteiger partial charge in [0.15, 0.2) is 0 Å². The Labute approximate surface area is 163 Å². The van der Waals surface area contributed by atoms with Crippen LogP contribution in [0.2, 0.25) is 0 Å². The van der Waals surface area contributed by atoms with Crippen molar-refractivity contribution < 1.29 is 14.3 Å². The van der Waals surface area contributed by atoms with E-state index >= 15 is 0 Å². The predicted molar refractivity (Wildman–Crippen MR) is 106 cm³/mol. The molecule has 8 nitrogen and oxygen atoms in total. The number of halogens is 1. The maximum Gasteiger partial charge on any atom is 0.407 e. The fraction of sp³-hybridized carbons (Fsp3) is 0.471. The summed E-state index contributed by atoms with van der Waals surface area (Å²) in [5.74, 6) is -0.111. The van der Waals surface area contributed by atoms with Crippen LogP contribution >= 0.6 is 17.0 Å². The number of nitrogens with zero attached hydrogens (tertiary/aromatic N) is 2. The Hall–Kier alpha value is -2.29. The molecule has 0 aliphatic rings. The first kappa shape index (κ1) is 21.8. The van der Waals surface area contributed by atoms with E-state index in [9.17, 15) is 9.59 Å². The molecule has 9 heteroatoms. The standard InChI is InChI=1S/C17H25N5O3.BrH/c1-17(2,3)25-16(24)20-8-4-5-9-22-13-7-6-11(14(18)23)10-12(13)21-15(22)19;/h6-7,10H,4-5,8-9H2,1-3H3,(H2,18,23)(H2,19,21)(H,20,24);1H. The van der Waals surface area contributed by atoms with Crippen molar-refractivity contribution in [2.24, 2.45) is 5.73 Å². The molecule has 2 rings (SSSR count). The molecule has 5 N–H and O–H groups in total. The van der Waals surface area contributed by atoms with Gasteiger partial charge in [-0.05, 0) is 51.8 Å². The quantitative estimate of drug-likeness (QED) is 0.610. The number of unbranched alkanes of at least 4 members (excludes halogenated alkanes) is 1. The van der Waals surface area contributed by atoms with Crippen molar-refractivity contribution in [3.63, 3.8) is 0 Å². The summed E-state index contributed by atoms with van der Waals surface area (Å²) in [5.41, 5.74) is 12.6. The van der Waals surface area contributed by atoms with Crippen molar-refractivity contribution >= 4 is 46.0 Å². The first-order valence-electron chi connectivity index (χ1n) is 8.20. The molecule has 0 radical (unpaired) electrons. The normalized spacial score (nSPS) is 11.0. The summed E-state index contributed by atoms with van der Waals surface area (Å²) in [6, 6.07) is 5.08. The van der Waals surface area contributed by atoms with Gasteiger partial charge in [-0.25, -0.2) is 9.78 Å². The highest BCUT2D eigenvalue weighted by atomic mass is 79.9. The summed E-state index contributed by atoms with van der Waals surface area (Å²) in [7, 11) is 0. The number of nitrogens with two attached hydrogens (primary N) is 2. The molecule has 26 heavy (non-hydrogen) atoms. The molecule has 0 saturated heterocycles. The molecule has 0 unspecified atom stereocenters. The zero-order valence-corrected chi connectivity index (χ0v) is 17.0. The van der Waals surface area contributed by atoms with Gasteiger partial charge >= 0.3 is 6.09 Å². The molecular weight excluding hydrogens is 402 g/mol. The smallest absolute Gasteiger partial charge is 0.407 e. The van der Waals surface area contributed by atoms with E-state index in [1.165, 1.54) is 0 Å². The predicted octanol–water partition coefficient (Wildman–Crippen LogP) is 2.60. The van der Waals surface area contributed by atoms with E-state index in [0.717, 1.165) is 18.4 Å². The number of carbonyl (C=O) groups excluding carboxylic acids is 2. The van der Waals surface area contributed by atoms with E-state index < -0.39 is 17.6 Å². The van der Waals surface area contributed by atoms with Gasteiger partial charge in [-0.15, -0.1) is 17.0 Å². The van der Waals surface area contributed by atoms with Crippen LogP contribution in [0, 0.1) is 0 Å². The van der Waals surface area contributed by atoms with Gasteiger partial charge in [0, 0.05) is 18.7 Å². The highest BCUT2D eigenvalue weighted by molar-refractivity contribution is 8.93. The van der Waals surface area contributed by atoms with E-state index in [-0.39, 0.29) is 17.0 Å². The lowest BCUT2D eigenvalue weighted by Crippen LogP contribution is -2.33. The molecule has 0 aliphatic heterocycles. The Morgan fingerprint density at radius 2 is 1.96 bits per heavy atom. The summed E-state index contributed by atoms with van der Waals surface area (Å²) in [5, 5.41) is 2.72. The number of hydrogen-bond acceptors (Lipinski definition) is 5. The number of carbonyl (C=O) groups is 2. The average molecular weight is 428 g/mol. The molecular formula is C17H26BrN5O3. The Morgan fingerprint density at radius 3 is 2.58 bits per heavy atom. The second kappa shape index (κ2) is 8.88. The third kappa shape index (κ3) is 5.91. The maximum absolute atomic E-state index is 11.6. The van der Waals surface area contributed by atoms with Crippen LogP contribution < -0.4 is 16.8 Å². The number of imidazole rings is 1. The SMILES string of the molecule is Br.CC(C)(C)OC(=O)NCCCCn1c(N)nc2cc(C(N)=O)ccc21. The monoisotopic (exact) mass is 427 g/mol. The molecule has 2 aromatic rings. The van der Waals surface area contributed by atoms with Crippen molar-refractivity contribution in [2.45, 2.75) is 45.8 Å². The topological polar surface area (TPSA) is 125 Å². The Balaban J connectivity index is 0.00000338. The Bertz CT molecular complexity index is 783. The third-order valence-corrected chi connectivity index (χ3v) is 3.54. The Morgan fingerprint density at radius 1 is 1.27 bits per heavy atom. The van der Waals surface area contributed by atoms with E-state index in [1.54, 1.807) is 18.2 Å².